The molecule has 15 heavy (non-hydrogen) atoms. The minimum absolute atomic E-state index is 0.00245. The normalized spacial score (nSPS) is 11.6. The molecule has 0 aliphatic rings. The summed E-state index contributed by atoms with van der Waals surface area (Å²) in [6.07, 6.45) is 1.37. The smallest absolute Gasteiger partial charge is 0.178 e. The van der Waals surface area contributed by atoms with Gasteiger partial charge in [0.1, 0.15) is 5.82 Å². The lowest BCUT2D eigenvalue weighted by Gasteiger charge is -2.04. The van der Waals surface area contributed by atoms with Crippen LogP contribution in [0.1, 0.15) is 19.8 Å². The molecule has 0 aliphatic heterocycles. The molecule has 3 nitrogen and oxygen atoms in total. The first-order valence-electron chi connectivity index (χ1n) is 4.75. The van der Waals surface area contributed by atoms with Gasteiger partial charge < -0.3 is 5.73 Å². The van der Waals surface area contributed by atoms with Crippen molar-refractivity contribution >= 4 is 15.5 Å². The highest BCUT2D eigenvalue weighted by molar-refractivity contribution is 7.91. The van der Waals surface area contributed by atoms with Crippen molar-refractivity contribution < 1.29 is 12.8 Å². The minimum Gasteiger partial charge on any atom is -0.396 e. The molecule has 5 heteroatoms. The Bertz CT molecular complexity index is 443. The van der Waals surface area contributed by atoms with Crippen molar-refractivity contribution in [3.63, 3.8) is 0 Å². The summed E-state index contributed by atoms with van der Waals surface area (Å²) in [5, 5.41) is 0. The van der Waals surface area contributed by atoms with E-state index in [1.54, 1.807) is 0 Å². The SMILES string of the molecule is CCCCS(=O)(=O)c1ccc(N)c(F)c1. The second kappa shape index (κ2) is 4.61. The standard InChI is InChI=1S/C10H14FNO2S/c1-2-3-6-15(13,14)8-4-5-10(12)9(11)7-8/h4-5,7H,2-3,6,12H2,1H3. The third kappa shape index (κ3) is 2.92. The van der Waals surface area contributed by atoms with Crippen LogP contribution in [-0.2, 0) is 9.84 Å². The summed E-state index contributed by atoms with van der Waals surface area (Å²) in [6.45, 7) is 1.90. The fourth-order valence-corrected chi connectivity index (χ4v) is 2.62. The molecule has 0 saturated carbocycles. The maximum absolute atomic E-state index is 13.0. The highest BCUT2D eigenvalue weighted by atomic mass is 32.2. The molecule has 0 atom stereocenters. The van der Waals surface area contributed by atoms with E-state index < -0.39 is 15.7 Å². The summed E-state index contributed by atoms with van der Waals surface area (Å²) in [7, 11) is -3.36. The van der Waals surface area contributed by atoms with Gasteiger partial charge in [-0.2, -0.15) is 0 Å². The molecule has 0 amide bonds. The largest absolute Gasteiger partial charge is 0.396 e. The highest BCUT2D eigenvalue weighted by Gasteiger charge is 2.14. The highest BCUT2D eigenvalue weighted by Crippen LogP contribution is 2.18. The Labute approximate surface area is 89.0 Å². The van der Waals surface area contributed by atoms with Gasteiger partial charge in [0.2, 0.25) is 0 Å². The molecular formula is C10H14FNO2S. The van der Waals surface area contributed by atoms with E-state index in [1.807, 2.05) is 6.92 Å². The molecule has 1 aromatic carbocycles. The van der Waals surface area contributed by atoms with E-state index in [1.165, 1.54) is 12.1 Å². The van der Waals surface area contributed by atoms with Crippen molar-refractivity contribution in [2.24, 2.45) is 0 Å². The van der Waals surface area contributed by atoms with Gasteiger partial charge in [0.25, 0.3) is 0 Å². The average Bonchev–Trinajstić information content (AvgIpc) is 2.19. The molecule has 0 unspecified atom stereocenters. The van der Waals surface area contributed by atoms with Gasteiger partial charge >= 0.3 is 0 Å². The van der Waals surface area contributed by atoms with Gasteiger partial charge in [0.15, 0.2) is 9.84 Å². The molecule has 0 bridgehead atoms. The van der Waals surface area contributed by atoms with Crippen molar-refractivity contribution in [3.8, 4) is 0 Å². The van der Waals surface area contributed by atoms with Crippen molar-refractivity contribution in [1.82, 2.24) is 0 Å². The van der Waals surface area contributed by atoms with Crippen LogP contribution in [0.5, 0.6) is 0 Å². The molecule has 1 rings (SSSR count). The zero-order valence-electron chi connectivity index (χ0n) is 8.53. The molecule has 0 heterocycles. The second-order valence-electron chi connectivity index (χ2n) is 3.36. The van der Waals surface area contributed by atoms with Crippen LogP contribution in [0.25, 0.3) is 0 Å². The Balaban J connectivity index is 3.00. The Morgan fingerprint density at radius 2 is 2.07 bits per heavy atom. The van der Waals surface area contributed by atoms with Crippen LogP contribution in [0.15, 0.2) is 23.1 Å². The van der Waals surface area contributed by atoms with E-state index in [-0.39, 0.29) is 16.3 Å². The van der Waals surface area contributed by atoms with Crippen molar-refractivity contribution in [1.29, 1.82) is 0 Å². The molecule has 2 N–H and O–H groups in total. The first-order chi connectivity index (χ1) is 6.97. The predicted molar refractivity (Wildman–Crippen MR) is 57.8 cm³/mol. The van der Waals surface area contributed by atoms with E-state index in [0.717, 1.165) is 12.5 Å². The van der Waals surface area contributed by atoms with Gasteiger partial charge in [0.05, 0.1) is 16.3 Å². The van der Waals surface area contributed by atoms with Gasteiger partial charge in [-0.15, -0.1) is 0 Å². The van der Waals surface area contributed by atoms with Crippen molar-refractivity contribution in [2.75, 3.05) is 11.5 Å². The molecule has 0 fully saturated rings. The zero-order valence-corrected chi connectivity index (χ0v) is 9.35. The number of sulfone groups is 1. The van der Waals surface area contributed by atoms with Crippen LogP contribution in [0, 0.1) is 5.82 Å². The Kier molecular flexibility index (Phi) is 3.68. The number of halogens is 1. The zero-order chi connectivity index (χ0) is 11.5. The maximum atomic E-state index is 13.0. The summed E-state index contributed by atoms with van der Waals surface area (Å²) in [4.78, 5) is 0.00245. The van der Waals surface area contributed by atoms with Crippen LogP contribution in [0.3, 0.4) is 0 Å². The van der Waals surface area contributed by atoms with E-state index in [0.29, 0.717) is 6.42 Å². The Hall–Kier alpha value is -1.10. The molecule has 0 radical (unpaired) electrons. The molecule has 0 aromatic heterocycles. The number of rotatable bonds is 4. The fraction of sp³-hybridized carbons (Fsp3) is 0.400. The van der Waals surface area contributed by atoms with Gasteiger partial charge in [-0.05, 0) is 24.6 Å². The van der Waals surface area contributed by atoms with Crippen LogP contribution < -0.4 is 5.73 Å². The molecule has 84 valence electrons. The van der Waals surface area contributed by atoms with Gasteiger partial charge in [-0.25, -0.2) is 12.8 Å². The molecule has 0 aliphatic carbocycles. The Morgan fingerprint density at radius 3 is 2.60 bits per heavy atom. The molecule has 0 spiro atoms. The average molecular weight is 231 g/mol. The third-order valence-electron chi connectivity index (χ3n) is 2.10. The number of hydrogen-bond donors (Lipinski definition) is 1. The monoisotopic (exact) mass is 231 g/mol. The van der Waals surface area contributed by atoms with E-state index in [4.69, 9.17) is 5.73 Å². The van der Waals surface area contributed by atoms with Crippen molar-refractivity contribution in [3.05, 3.63) is 24.0 Å². The number of nitrogens with two attached hydrogens (primary N) is 1. The van der Waals surface area contributed by atoms with Crippen LogP contribution in [-0.4, -0.2) is 14.2 Å². The summed E-state index contributed by atoms with van der Waals surface area (Å²) in [6, 6.07) is 3.58. The second-order valence-corrected chi connectivity index (χ2v) is 5.46. The van der Waals surface area contributed by atoms with E-state index >= 15 is 0 Å². The lowest BCUT2D eigenvalue weighted by atomic mass is 10.3. The first-order valence-corrected chi connectivity index (χ1v) is 6.40. The van der Waals surface area contributed by atoms with Gasteiger partial charge in [0, 0.05) is 0 Å². The number of hydrogen-bond acceptors (Lipinski definition) is 3. The van der Waals surface area contributed by atoms with E-state index in [2.05, 4.69) is 0 Å². The number of unbranched alkanes of at least 4 members (excludes halogenated alkanes) is 1. The van der Waals surface area contributed by atoms with E-state index in [9.17, 15) is 12.8 Å². The van der Waals surface area contributed by atoms with Crippen LogP contribution in [0.2, 0.25) is 0 Å². The summed E-state index contributed by atoms with van der Waals surface area (Å²) < 4.78 is 36.3. The summed E-state index contributed by atoms with van der Waals surface area (Å²) in [5.41, 5.74) is 5.22. The molecule has 0 saturated heterocycles. The molecule has 1 aromatic rings. The van der Waals surface area contributed by atoms with Gasteiger partial charge in [-0.3, -0.25) is 0 Å². The Morgan fingerprint density at radius 1 is 1.40 bits per heavy atom. The molecular weight excluding hydrogens is 217 g/mol. The minimum atomic E-state index is -3.36. The first kappa shape index (κ1) is 12.0. The van der Waals surface area contributed by atoms with Crippen LogP contribution in [0.4, 0.5) is 10.1 Å². The number of nitrogen functional groups attached to an aromatic ring is 1. The lowest BCUT2D eigenvalue weighted by Crippen LogP contribution is -2.07. The fourth-order valence-electron chi connectivity index (χ4n) is 1.15. The lowest BCUT2D eigenvalue weighted by molar-refractivity contribution is 0.588. The summed E-state index contributed by atoms with van der Waals surface area (Å²) in [5.74, 6) is -0.639. The maximum Gasteiger partial charge on any atom is 0.178 e. The number of benzene rings is 1. The number of anilines is 1. The summed E-state index contributed by atoms with van der Waals surface area (Å²) >= 11 is 0. The predicted octanol–water partition coefficient (Wildman–Crippen LogP) is 1.98. The van der Waals surface area contributed by atoms with Gasteiger partial charge in [-0.1, -0.05) is 13.3 Å². The topological polar surface area (TPSA) is 60.2 Å². The van der Waals surface area contributed by atoms with Crippen LogP contribution >= 0.6 is 0 Å². The quantitative estimate of drug-likeness (QED) is 0.806. The third-order valence-corrected chi connectivity index (χ3v) is 3.90. The van der Waals surface area contributed by atoms with Crippen molar-refractivity contribution in [2.45, 2.75) is 24.7 Å².